The molecule has 0 spiro atoms. The third kappa shape index (κ3) is 3.93. The van der Waals surface area contributed by atoms with Gasteiger partial charge in [-0.1, -0.05) is 6.07 Å². The molecule has 8 nitrogen and oxygen atoms in total. The van der Waals surface area contributed by atoms with E-state index in [0.29, 0.717) is 17.1 Å². The summed E-state index contributed by atoms with van der Waals surface area (Å²) in [5.74, 6) is 1.07. The van der Waals surface area contributed by atoms with Gasteiger partial charge in [0.1, 0.15) is 11.5 Å². The van der Waals surface area contributed by atoms with E-state index in [4.69, 9.17) is 10.1 Å². The number of aliphatic hydroxyl groups is 1. The van der Waals surface area contributed by atoms with Gasteiger partial charge >= 0.3 is 0 Å². The van der Waals surface area contributed by atoms with Crippen LogP contribution in [0.5, 0.6) is 0 Å². The van der Waals surface area contributed by atoms with Crippen molar-refractivity contribution in [2.75, 3.05) is 24.6 Å². The van der Waals surface area contributed by atoms with E-state index >= 15 is 0 Å². The van der Waals surface area contributed by atoms with Crippen LogP contribution in [-0.4, -0.2) is 50.6 Å². The van der Waals surface area contributed by atoms with Crippen molar-refractivity contribution in [2.24, 2.45) is 0 Å². The molecule has 4 rings (SSSR count). The van der Waals surface area contributed by atoms with Gasteiger partial charge in [0.25, 0.3) is 5.91 Å². The minimum Gasteiger partial charge on any atom is -0.395 e. The van der Waals surface area contributed by atoms with Gasteiger partial charge in [-0.2, -0.15) is 0 Å². The summed E-state index contributed by atoms with van der Waals surface area (Å²) in [6.45, 7) is 2.74. The van der Waals surface area contributed by atoms with Crippen LogP contribution < -0.4 is 10.2 Å². The van der Waals surface area contributed by atoms with Crippen LogP contribution in [0.25, 0.3) is 11.5 Å². The summed E-state index contributed by atoms with van der Waals surface area (Å²) < 4.78 is 0. The van der Waals surface area contributed by atoms with Crippen molar-refractivity contribution in [2.45, 2.75) is 19.8 Å². The molecule has 1 amide bonds. The maximum Gasteiger partial charge on any atom is 0.255 e. The van der Waals surface area contributed by atoms with Crippen LogP contribution in [0.1, 0.15) is 28.0 Å². The minimum atomic E-state index is -0.274. The predicted molar refractivity (Wildman–Crippen MR) is 109 cm³/mol. The summed E-state index contributed by atoms with van der Waals surface area (Å²) in [4.78, 5) is 32.6. The highest BCUT2D eigenvalue weighted by atomic mass is 16.3. The first-order chi connectivity index (χ1) is 14.2. The van der Waals surface area contributed by atoms with Gasteiger partial charge in [-0.05, 0) is 38.0 Å². The van der Waals surface area contributed by atoms with Crippen molar-refractivity contribution in [1.82, 2.24) is 25.3 Å². The lowest BCUT2D eigenvalue weighted by Crippen LogP contribution is -2.31. The fraction of sp³-hybridized carbons (Fsp3) is 0.286. The Kier molecular flexibility index (Phi) is 5.44. The third-order valence-corrected chi connectivity index (χ3v) is 4.77. The number of nitrogens with zero attached hydrogens (tertiary/aromatic N) is 5. The molecule has 148 valence electrons. The summed E-state index contributed by atoms with van der Waals surface area (Å²) in [6, 6.07) is 7.57. The fourth-order valence-corrected chi connectivity index (χ4v) is 3.43. The average molecular weight is 390 g/mol. The average Bonchev–Trinajstić information content (AvgIpc) is 2.76. The number of anilines is 2. The van der Waals surface area contributed by atoms with E-state index in [9.17, 15) is 4.79 Å². The molecule has 0 atom stereocenters. The molecule has 0 fully saturated rings. The van der Waals surface area contributed by atoms with Crippen molar-refractivity contribution in [3.63, 3.8) is 0 Å². The third-order valence-electron chi connectivity index (χ3n) is 4.77. The molecule has 0 aromatic carbocycles. The van der Waals surface area contributed by atoms with E-state index in [1.807, 2.05) is 42.3 Å². The number of amides is 1. The lowest BCUT2D eigenvalue weighted by molar-refractivity contribution is 0.0945. The number of rotatable bonds is 5. The van der Waals surface area contributed by atoms with Gasteiger partial charge in [-0.3, -0.25) is 9.78 Å². The first kappa shape index (κ1) is 18.9. The number of carbonyl (C=O) groups excluding carboxylic acids is 1. The van der Waals surface area contributed by atoms with Gasteiger partial charge in [-0.25, -0.2) is 15.0 Å². The lowest BCUT2D eigenvalue weighted by Gasteiger charge is -2.31. The second-order valence-electron chi connectivity index (χ2n) is 6.83. The Morgan fingerprint density at radius 3 is 2.97 bits per heavy atom. The van der Waals surface area contributed by atoms with Crippen molar-refractivity contribution in [3.05, 3.63) is 59.7 Å². The molecule has 0 saturated carbocycles. The first-order valence-corrected chi connectivity index (χ1v) is 9.58. The Morgan fingerprint density at radius 2 is 2.14 bits per heavy atom. The monoisotopic (exact) mass is 390 g/mol. The highest BCUT2D eigenvalue weighted by molar-refractivity contribution is 6.00. The van der Waals surface area contributed by atoms with Crippen LogP contribution in [0.4, 0.5) is 11.5 Å². The largest absolute Gasteiger partial charge is 0.395 e. The van der Waals surface area contributed by atoms with Crippen LogP contribution in [0.15, 0.2) is 42.9 Å². The highest BCUT2D eigenvalue weighted by Crippen LogP contribution is 2.34. The molecule has 2 N–H and O–H groups in total. The van der Waals surface area contributed by atoms with Gasteiger partial charge in [0.15, 0.2) is 5.82 Å². The fourth-order valence-electron chi connectivity index (χ4n) is 3.43. The van der Waals surface area contributed by atoms with Crippen LogP contribution in [0.3, 0.4) is 0 Å². The summed E-state index contributed by atoms with van der Waals surface area (Å²) in [5.41, 5.74) is 3.83. The summed E-state index contributed by atoms with van der Waals surface area (Å²) in [7, 11) is 0. The zero-order valence-electron chi connectivity index (χ0n) is 16.2. The molecule has 0 unspecified atom stereocenters. The standard InChI is InChI=1S/C21H22N6O2/c1-14-4-2-6-17(25-14)19-24-12-15-5-3-10-27(20(15)26-19)18-7-8-22-13-16(18)21(29)23-9-11-28/h2,4,6-8,12-13,28H,3,5,9-11H2,1H3,(H,23,29). The molecule has 0 saturated heterocycles. The number of hydrogen-bond donors (Lipinski definition) is 2. The summed E-state index contributed by atoms with van der Waals surface area (Å²) >= 11 is 0. The van der Waals surface area contributed by atoms with E-state index in [1.165, 1.54) is 0 Å². The number of fused-ring (bicyclic) bond motifs is 1. The lowest BCUT2D eigenvalue weighted by atomic mass is 10.0. The van der Waals surface area contributed by atoms with Crippen molar-refractivity contribution in [3.8, 4) is 11.5 Å². The van der Waals surface area contributed by atoms with Crippen LogP contribution in [-0.2, 0) is 6.42 Å². The maximum absolute atomic E-state index is 12.6. The molecule has 0 radical (unpaired) electrons. The summed E-state index contributed by atoms with van der Waals surface area (Å²) in [5, 5.41) is 11.7. The first-order valence-electron chi connectivity index (χ1n) is 9.58. The maximum atomic E-state index is 12.6. The molecular formula is C21H22N6O2. The Balaban J connectivity index is 1.76. The Hall–Kier alpha value is -3.39. The number of aromatic nitrogens is 4. The SMILES string of the molecule is Cc1cccc(-c2ncc3c(n2)N(c2ccncc2C(=O)NCCO)CCC3)n1. The van der Waals surface area contributed by atoms with E-state index in [1.54, 1.807) is 12.4 Å². The Labute approximate surface area is 168 Å². The molecular weight excluding hydrogens is 368 g/mol. The van der Waals surface area contributed by atoms with Crippen molar-refractivity contribution < 1.29 is 9.90 Å². The minimum absolute atomic E-state index is 0.117. The molecule has 1 aliphatic heterocycles. The number of hydrogen-bond acceptors (Lipinski definition) is 7. The van der Waals surface area contributed by atoms with Crippen LogP contribution in [0.2, 0.25) is 0 Å². The smallest absolute Gasteiger partial charge is 0.255 e. The second kappa shape index (κ2) is 8.32. The summed E-state index contributed by atoms with van der Waals surface area (Å²) in [6.07, 6.45) is 6.86. The molecule has 29 heavy (non-hydrogen) atoms. The van der Waals surface area contributed by atoms with E-state index in [2.05, 4.69) is 20.3 Å². The topological polar surface area (TPSA) is 104 Å². The second-order valence-corrected chi connectivity index (χ2v) is 6.83. The van der Waals surface area contributed by atoms with E-state index < -0.39 is 0 Å². The Bertz CT molecular complexity index is 1040. The van der Waals surface area contributed by atoms with Gasteiger partial charge in [0.2, 0.25) is 0 Å². The molecule has 4 heterocycles. The van der Waals surface area contributed by atoms with Gasteiger partial charge in [0.05, 0.1) is 17.9 Å². The van der Waals surface area contributed by atoms with Gasteiger partial charge < -0.3 is 15.3 Å². The molecule has 0 aliphatic carbocycles. The predicted octanol–water partition coefficient (Wildman–Crippen LogP) is 2.05. The van der Waals surface area contributed by atoms with Crippen LogP contribution >= 0.6 is 0 Å². The number of carbonyl (C=O) groups is 1. The number of aryl methyl sites for hydroxylation is 2. The molecule has 1 aliphatic rings. The normalized spacial score (nSPS) is 13.1. The zero-order valence-corrected chi connectivity index (χ0v) is 16.2. The van der Waals surface area contributed by atoms with E-state index in [-0.39, 0.29) is 19.1 Å². The molecule has 3 aromatic heterocycles. The molecule has 3 aromatic rings. The number of pyridine rings is 2. The van der Waals surface area contributed by atoms with Crippen molar-refractivity contribution in [1.29, 1.82) is 0 Å². The number of aliphatic hydroxyl groups excluding tert-OH is 1. The van der Waals surface area contributed by atoms with Gasteiger partial charge in [0, 0.05) is 42.9 Å². The highest BCUT2D eigenvalue weighted by Gasteiger charge is 2.25. The zero-order chi connectivity index (χ0) is 20.2. The molecule has 8 heteroatoms. The Morgan fingerprint density at radius 1 is 1.24 bits per heavy atom. The van der Waals surface area contributed by atoms with Crippen LogP contribution in [0, 0.1) is 6.92 Å². The number of nitrogens with one attached hydrogen (secondary N) is 1. The molecule has 0 bridgehead atoms. The quantitative estimate of drug-likeness (QED) is 0.687. The van der Waals surface area contributed by atoms with Crippen molar-refractivity contribution >= 4 is 17.4 Å². The van der Waals surface area contributed by atoms with E-state index in [0.717, 1.165) is 42.1 Å². The van der Waals surface area contributed by atoms with Gasteiger partial charge in [-0.15, -0.1) is 0 Å².